The molecule has 1 aromatic heterocycles. The maximum absolute atomic E-state index is 7.29. The highest BCUT2D eigenvalue weighted by Gasteiger charge is 2.46. The zero-order chi connectivity index (χ0) is 45.2. The Morgan fingerprint density at radius 2 is 1.34 bits per heavy atom. The first-order valence-electron chi connectivity index (χ1n) is 24.2. The standard InChI is InChI=1S/C59H67BN2O2/c1-14-16-19-35-23-26-39(27-24-35)62-48-31-38(57(6,7)8)30-47-52(48)60(44-34-50-42(33-46(44)61-47)59(12,13)41-29-37(56(3,4)5)25-28-49(41)63-50)45-32-43(58(9,10)11)55-51(53(45)62)40-22-18-21-36(20-17-15-2)54(40)64-55/h18,21-34,61H,14-17,19-20H2,1-13H3. The van der Waals surface area contributed by atoms with Gasteiger partial charge in [0, 0.05) is 50.2 Å². The number of fused-ring (bicyclic) bond motifs is 10. The van der Waals surface area contributed by atoms with Gasteiger partial charge >= 0.3 is 0 Å². The quantitative estimate of drug-likeness (QED) is 0.162. The number of anilines is 5. The normalized spacial score (nSPS) is 15.0. The predicted octanol–water partition coefficient (Wildman–Crippen LogP) is 15.0. The van der Waals surface area contributed by atoms with E-state index in [0.29, 0.717) is 0 Å². The fraction of sp³-hybridized carbons (Fsp3) is 0.390. The van der Waals surface area contributed by atoms with Gasteiger partial charge in [0.2, 0.25) is 0 Å². The molecule has 0 aliphatic carbocycles. The van der Waals surface area contributed by atoms with E-state index in [0.717, 1.165) is 54.0 Å². The van der Waals surface area contributed by atoms with Crippen molar-refractivity contribution in [2.45, 2.75) is 150 Å². The molecule has 0 bridgehead atoms. The summed E-state index contributed by atoms with van der Waals surface area (Å²) < 4.78 is 14.3. The van der Waals surface area contributed by atoms with Crippen LogP contribution in [-0.2, 0) is 34.5 Å². The fourth-order valence-electron chi connectivity index (χ4n) is 10.8. The largest absolute Gasteiger partial charge is 0.457 e. The van der Waals surface area contributed by atoms with Gasteiger partial charge in [-0.25, -0.2) is 0 Å². The van der Waals surface area contributed by atoms with Crippen LogP contribution in [0.25, 0.3) is 21.9 Å². The number of hydrogen-bond acceptors (Lipinski definition) is 4. The lowest BCUT2D eigenvalue weighted by molar-refractivity contribution is 0.417. The van der Waals surface area contributed by atoms with Crippen molar-refractivity contribution < 1.29 is 9.15 Å². The van der Waals surface area contributed by atoms with Crippen molar-refractivity contribution in [2.75, 3.05) is 10.2 Å². The third-order valence-electron chi connectivity index (χ3n) is 14.7. The molecule has 7 aromatic rings. The number of aryl methyl sites for hydroxylation is 2. The molecule has 3 aliphatic heterocycles. The first-order valence-corrected chi connectivity index (χ1v) is 24.2. The lowest BCUT2D eigenvalue weighted by Gasteiger charge is -2.43. The average molecular weight is 847 g/mol. The molecule has 0 unspecified atom stereocenters. The van der Waals surface area contributed by atoms with Crippen molar-refractivity contribution in [1.82, 2.24) is 0 Å². The van der Waals surface area contributed by atoms with Crippen LogP contribution in [0.15, 0.2) is 95.4 Å². The van der Waals surface area contributed by atoms with Crippen LogP contribution in [0.4, 0.5) is 28.4 Å². The highest BCUT2D eigenvalue weighted by molar-refractivity contribution is 7.00. The van der Waals surface area contributed by atoms with Gasteiger partial charge in [-0.15, -0.1) is 0 Å². The van der Waals surface area contributed by atoms with Crippen LogP contribution in [0.2, 0.25) is 0 Å². The van der Waals surface area contributed by atoms with E-state index in [2.05, 4.69) is 191 Å². The average Bonchev–Trinajstić information content (AvgIpc) is 3.63. The van der Waals surface area contributed by atoms with Crippen molar-refractivity contribution in [2.24, 2.45) is 0 Å². The summed E-state index contributed by atoms with van der Waals surface area (Å²) in [4.78, 5) is 2.60. The van der Waals surface area contributed by atoms with Crippen LogP contribution < -0.4 is 31.3 Å². The van der Waals surface area contributed by atoms with Gasteiger partial charge in [0.1, 0.15) is 22.7 Å². The van der Waals surface area contributed by atoms with Crippen LogP contribution in [0.5, 0.6) is 11.5 Å². The summed E-state index contributed by atoms with van der Waals surface area (Å²) in [6.45, 7) is 30.1. The van der Waals surface area contributed by atoms with E-state index in [4.69, 9.17) is 9.15 Å². The molecule has 0 saturated heterocycles. The van der Waals surface area contributed by atoms with Crippen molar-refractivity contribution in [3.63, 3.8) is 0 Å². The number of rotatable bonds is 7. The number of furan rings is 1. The summed E-state index contributed by atoms with van der Waals surface area (Å²) in [7, 11) is 0. The third-order valence-corrected chi connectivity index (χ3v) is 14.7. The number of ether oxygens (including phenoxy) is 1. The molecule has 6 aromatic carbocycles. The Balaban J connectivity index is 1.31. The van der Waals surface area contributed by atoms with Gasteiger partial charge in [-0.1, -0.05) is 151 Å². The van der Waals surface area contributed by atoms with E-state index in [1.165, 1.54) is 102 Å². The Labute approximate surface area is 382 Å². The van der Waals surface area contributed by atoms with Crippen LogP contribution in [0.3, 0.4) is 0 Å². The number of benzene rings is 6. The number of para-hydroxylation sites is 1. The third kappa shape index (κ3) is 6.70. The zero-order valence-electron chi connectivity index (χ0n) is 40.7. The molecule has 1 N–H and O–H groups in total. The Morgan fingerprint density at radius 1 is 0.641 bits per heavy atom. The SMILES string of the molecule is CCCCc1ccc(N2c3cc(C(C)(C)C)cc4c3B(c3cc5c(cc3N4)C(C)(C)c3cc(C(C)(C)C)ccc3O5)c3cc(C(C)(C)C)c4oc5c(CCCC)cccc5c4c32)cc1. The molecule has 0 radical (unpaired) electrons. The van der Waals surface area contributed by atoms with E-state index in [1.807, 2.05) is 0 Å². The molecule has 0 amide bonds. The smallest absolute Gasteiger partial charge is 0.252 e. The Morgan fingerprint density at radius 3 is 2.03 bits per heavy atom. The van der Waals surface area contributed by atoms with Gasteiger partial charge in [0.15, 0.2) is 0 Å². The molecule has 3 aliphatic rings. The van der Waals surface area contributed by atoms with Crippen molar-refractivity contribution in [3.8, 4) is 11.5 Å². The molecule has 64 heavy (non-hydrogen) atoms. The van der Waals surface area contributed by atoms with Crippen LogP contribution in [-0.4, -0.2) is 6.71 Å². The number of hydrogen-bond donors (Lipinski definition) is 1. The predicted molar refractivity (Wildman–Crippen MR) is 275 cm³/mol. The van der Waals surface area contributed by atoms with E-state index in [1.54, 1.807) is 0 Å². The molecular formula is C59H67BN2O2. The van der Waals surface area contributed by atoms with Crippen LogP contribution in [0.1, 0.15) is 155 Å². The van der Waals surface area contributed by atoms with Gasteiger partial charge in [-0.3, -0.25) is 0 Å². The minimum atomic E-state index is -0.277. The molecule has 0 fully saturated rings. The maximum atomic E-state index is 7.29. The minimum Gasteiger partial charge on any atom is -0.457 e. The minimum absolute atomic E-state index is 0.0308. The summed E-state index contributed by atoms with van der Waals surface area (Å²) in [6.07, 6.45) is 6.71. The van der Waals surface area contributed by atoms with Crippen molar-refractivity contribution in [1.29, 1.82) is 0 Å². The van der Waals surface area contributed by atoms with E-state index in [9.17, 15) is 0 Å². The van der Waals surface area contributed by atoms with Crippen molar-refractivity contribution >= 4 is 73.5 Å². The van der Waals surface area contributed by atoms with Gasteiger partial charge < -0.3 is 19.4 Å². The molecule has 4 nitrogen and oxygen atoms in total. The Hall–Kier alpha value is -5.42. The van der Waals surface area contributed by atoms with E-state index in [-0.39, 0.29) is 28.4 Å². The summed E-state index contributed by atoms with van der Waals surface area (Å²) in [6, 6.07) is 35.4. The molecule has 4 heterocycles. The molecule has 0 spiro atoms. The highest BCUT2D eigenvalue weighted by atomic mass is 16.5. The van der Waals surface area contributed by atoms with E-state index >= 15 is 0 Å². The van der Waals surface area contributed by atoms with Crippen LogP contribution in [0, 0.1) is 0 Å². The molecular weight excluding hydrogens is 779 g/mol. The fourth-order valence-corrected chi connectivity index (χ4v) is 10.8. The molecule has 328 valence electrons. The van der Waals surface area contributed by atoms with Gasteiger partial charge in [0.25, 0.3) is 6.71 Å². The Kier molecular flexibility index (Phi) is 9.84. The lowest BCUT2D eigenvalue weighted by atomic mass is 9.33. The summed E-state index contributed by atoms with van der Waals surface area (Å²) >= 11 is 0. The number of nitrogens with one attached hydrogen (secondary N) is 1. The number of nitrogens with zero attached hydrogens (tertiary/aromatic N) is 1. The number of unbranched alkanes of at least 4 members (excludes halogenated alkanes) is 2. The molecule has 0 saturated carbocycles. The second kappa shape index (κ2) is 14.8. The van der Waals surface area contributed by atoms with E-state index < -0.39 is 0 Å². The second-order valence-electron chi connectivity index (χ2n) is 22.8. The second-order valence-corrected chi connectivity index (χ2v) is 22.8. The summed E-state index contributed by atoms with van der Waals surface area (Å²) in [5.74, 6) is 1.89. The maximum Gasteiger partial charge on any atom is 0.252 e. The van der Waals surface area contributed by atoms with Gasteiger partial charge in [0.05, 0.1) is 11.1 Å². The van der Waals surface area contributed by atoms with Gasteiger partial charge in [-0.05, 0) is 123 Å². The molecule has 10 rings (SSSR count). The topological polar surface area (TPSA) is 37.6 Å². The first kappa shape index (κ1) is 42.5. The first-order chi connectivity index (χ1) is 30.3. The summed E-state index contributed by atoms with van der Waals surface area (Å²) in [5, 5.41) is 6.51. The molecule has 0 atom stereocenters. The highest BCUT2D eigenvalue weighted by Crippen LogP contribution is 2.52. The molecule has 5 heteroatoms. The monoisotopic (exact) mass is 847 g/mol. The summed E-state index contributed by atoms with van der Waals surface area (Å²) in [5.41, 5.74) is 20.3. The Bertz CT molecular complexity index is 3000. The van der Waals surface area contributed by atoms with Crippen LogP contribution >= 0.6 is 0 Å². The van der Waals surface area contributed by atoms with Gasteiger partial charge in [-0.2, -0.15) is 0 Å². The lowest BCUT2D eigenvalue weighted by Crippen LogP contribution is -2.60. The zero-order valence-corrected chi connectivity index (χ0v) is 40.7. The van der Waals surface area contributed by atoms with Crippen molar-refractivity contribution in [3.05, 3.63) is 130 Å².